The lowest BCUT2D eigenvalue weighted by molar-refractivity contribution is 0.357. The lowest BCUT2D eigenvalue weighted by Gasteiger charge is -2.16. The van der Waals surface area contributed by atoms with Crippen LogP contribution in [0.4, 0.5) is 10.1 Å². The van der Waals surface area contributed by atoms with Gasteiger partial charge in [-0.3, -0.25) is 0 Å². The number of phenolic OH excluding ortho intramolecular Hbond substituents is 1. The van der Waals surface area contributed by atoms with Crippen LogP contribution in [-0.4, -0.2) is 11.7 Å². The Bertz CT molecular complexity index is 642. The van der Waals surface area contributed by atoms with Crippen LogP contribution in [0.3, 0.4) is 0 Å². The van der Waals surface area contributed by atoms with Crippen molar-refractivity contribution in [2.45, 2.75) is 19.4 Å². The quantitative estimate of drug-likeness (QED) is 0.897. The zero-order valence-corrected chi connectivity index (χ0v) is 11.2. The molecule has 3 nitrogen and oxygen atoms in total. The molecule has 0 aliphatic carbocycles. The number of benzene rings is 2. The van der Waals surface area contributed by atoms with Gasteiger partial charge in [-0.25, -0.2) is 4.39 Å². The van der Waals surface area contributed by atoms with Gasteiger partial charge in [-0.2, -0.15) is 0 Å². The van der Waals surface area contributed by atoms with Crippen molar-refractivity contribution in [3.05, 3.63) is 53.3 Å². The van der Waals surface area contributed by atoms with Gasteiger partial charge in [-0.15, -0.1) is 0 Å². The molecule has 2 N–H and O–H groups in total. The first kappa shape index (κ1) is 12.8. The SMILES string of the molecule is CC(Nc1ccc2c(c1)OCC2)c1ccc(F)c(O)c1. The molecule has 104 valence electrons. The van der Waals surface area contributed by atoms with E-state index >= 15 is 0 Å². The molecule has 1 heterocycles. The Kier molecular flexibility index (Phi) is 3.22. The summed E-state index contributed by atoms with van der Waals surface area (Å²) in [6.07, 6.45) is 0.955. The highest BCUT2D eigenvalue weighted by molar-refractivity contribution is 5.54. The average molecular weight is 273 g/mol. The Hall–Kier alpha value is -2.23. The van der Waals surface area contributed by atoms with Gasteiger partial charge in [0.1, 0.15) is 5.75 Å². The molecule has 3 rings (SSSR count). The third-order valence-electron chi connectivity index (χ3n) is 3.55. The first-order valence-corrected chi connectivity index (χ1v) is 6.64. The van der Waals surface area contributed by atoms with Crippen molar-refractivity contribution in [2.24, 2.45) is 0 Å². The fourth-order valence-electron chi connectivity index (χ4n) is 2.39. The van der Waals surface area contributed by atoms with Crippen molar-refractivity contribution in [3.8, 4) is 11.5 Å². The third kappa shape index (κ3) is 2.41. The highest BCUT2D eigenvalue weighted by Crippen LogP contribution is 2.30. The Balaban J connectivity index is 1.78. The number of ether oxygens (including phenoxy) is 1. The van der Waals surface area contributed by atoms with Gasteiger partial charge in [0.15, 0.2) is 11.6 Å². The van der Waals surface area contributed by atoms with Crippen LogP contribution < -0.4 is 10.1 Å². The minimum Gasteiger partial charge on any atom is -0.505 e. The fourth-order valence-corrected chi connectivity index (χ4v) is 2.39. The van der Waals surface area contributed by atoms with Crippen LogP contribution in [-0.2, 0) is 6.42 Å². The van der Waals surface area contributed by atoms with E-state index in [1.165, 1.54) is 17.7 Å². The fraction of sp³-hybridized carbons (Fsp3) is 0.250. The molecule has 2 aromatic carbocycles. The molecule has 0 saturated carbocycles. The number of halogens is 1. The van der Waals surface area contributed by atoms with E-state index in [-0.39, 0.29) is 11.8 Å². The van der Waals surface area contributed by atoms with Gasteiger partial charge in [0.25, 0.3) is 0 Å². The van der Waals surface area contributed by atoms with Crippen molar-refractivity contribution in [1.82, 2.24) is 0 Å². The maximum atomic E-state index is 13.1. The lowest BCUT2D eigenvalue weighted by Crippen LogP contribution is -2.06. The molecule has 1 atom stereocenters. The molecule has 1 unspecified atom stereocenters. The van der Waals surface area contributed by atoms with Crippen molar-refractivity contribution in [3.63, 3.8) is 0 Å². The summed E-state index contributed by atoms with van der Waals surface area (Å²) in [4.78, 5) is 0. The van der Waals surface area contributed by atoms with Gasteiger partial charge in [0, 0.05) is 24.2 Å². The first-order chi connectivity index (χ1) is 9.63. The number of hydrogen-bond donors (Lipinski definition) is 2. The minimum absolute atomic E-state index is 0.0408. The van der Waals surface area contributed by atoms with Crippen LogP contribution in [0.1, 0.15) is 24.1 Å². The van der Waals surface area contributed by atoms with Crippen LogP contribution in [0, 0.1) is 5.82 Å². The summed E-state index contributed by atoms with van der Waals surface area (Å²) in [5, 5.41) is 12.7. The molecular weight excluding hydrogens is 257 g/mol. The molecule has 0 fully saturated rings. The van der Waals surface area contributed by atoms with Crippen LogP contribution in [0.2, 0.25) is 0 Å². The molecule has 0 spiro atoms. The van der Waals surface area contributed by atoms with Gasteiger partial charge < -0.3 is 15.2 Å². The van der Waals surface area contributed by atoms with E-state index in [2.05, 4.69) is 11.4 Å². The summed E-state index contributed by atoms with van der Waals surface area (Å²) in [6, 6.07) is 10.4. The van der Waals surface area contributed by atoms with E-state index in [4.69, 9.17) is 4.74 Å². The molecule has 0 aromatic heterocycles. The summed E-state index contributed by atoms with van der Waals surface area (Å²) >= 11 is 0. The van der Waals surface area contributed by atoms with Gasteiger partial charge in [-0.05, 0) is 36.2 Å². The topological polar surface area (TPSA) is 41.5 Å². The van der Waals surface area contributed by atoms with Gasteiger partial charge >= 0.3 is 0 Å². The zero-order valence-electron chi connectivity index (χ0n) is 11.2. The van der Waals surface area contributed by atoms with Crippen molar-refractivity contribution in [1.29, 1.82) is 0 Å². The Morgan fingerprint density at radius 1 is 1.25 bits per heavy atom. The maximum Gasteiger partial charge on any atom is 0.164 e. The second-order valence-electron chi connectivity index (χ2n) is 5.00. The Morgan fingerprint density at radius 3 is 2.90 bits per heavy atom. The summed E-state index contributed by atoms with van der Waals surface area (Å²) in [7, 11) is 0. The number of fused-ring (bicyclic) bond motifs is 1. The van der Waals surface area contributed by atoms with Crippen molar-refractivity contribution in [2.75, 3.05) is 11.9 Å². The second-order valence-corrected chi connectivity index (χ2v) is 5.00. The minimum atomic E-state index is -0.605. The lowest BCUT2D eigenvalue weighted by atomic mass is 10.1. The molecule has 20 heavy (non-hydrogen) atoms. The molecule has 4 heteroatoms. The number of hydrogen-bond acceptors (Lipinski definition) is 3. The summed E-state index contributed by atoms with van der Waals surface area (Å²) in [6.45, 7) is 2.70. The van der Waals surface area contributed by atoms with Crippen LogP contribution in [0.15, 0.2) is 36.4 Å². The van der Waals surface area contributed by atoms with E-state index in [1.807, 2.05) is 19.1 Å². The molecule has 1 aliphatic rings. The summed E-state index contributed by atoms with van der Waals surface area (Å²) < 4.78 is 18.6. The molecular formula is C16H16FNO2. The zero-order chi connectivity index (χ0) is 14.1. The normalized spacial score (nSPS) is 14.5. The van der Waals surface area contributed by atoms with Crippen molar-refractivity contribution < 1.29 is 14.2 Å². The highest BCUT2D eigenvalue weighted by atomic mass is 19.1. The van der Waals surface area contributed by atoms with Gasteiger partial charge in [-0.1, -0.05) is 12.1 Å². The molecule has 0 radical (unpaired) electrons. The molecule has 0 bridgehead atoms. The molecule has 0 saturated heterocycles. The Labute approximate surface area is 117 Å². The smallest absolute Gasteiger partial charge is 0.164 e. The standard InChI is InChI=1S/C16H16FNO2/c1-10(12-3-5-14(17)15(19)8-12)18-13-4-2-11-6-7-20-16(11)9-13/h2-5,8-10,18-19H,6-7H2,1H3. The van der Waals surface area contributed by atoms with Crippen LogP contribution in [0.5, 0.6) is 11.5 Å². The number of phenols is 1. The molecule has 2 aromatic rings. The van der Waals surface area contributed by atoms with E-state index in [1.54, 1.807) is 6.07 Å². The van der Waals surface area contributed by atoms with Crippen LogP contribution >= 0.6 is 0 Å². The van der Waals surface area contributed by atoms with Gasteiger partial charge in [0.05, 0.1) is 6.61 Å². The van der Waals surface area contributed by atoms with Crippen molar-refractivity contribution >= 4 is 5.69 Å². The van der Waals surface area contributed by atoms with E-state index in [0.717, 1.165) is 30.0 Å². The predicted octanol–water partition coefficient (Wildman–Crippen LogP) is 3.64. The summed E-state index contributed by atoms with van der Waals surface area (Å²) in [5.74, 6) is -0.00975. The molecule has 0 amide bonds. The average Bonchev–Trinajstić information content (AvgIpc) is 2.89. The van der Waals surface area contributed by atoms with E-state index in [9.17, 15) is 9.50 Å². The van der Waals surface area contributed by atoms with E-state index < -0.39 is 5.82 Å². The van der Waals surface area contributed by atoms with Crippen LogP contribution in [0.25, 0.3) is 0 Å². The third-order valence-corrected chi connectivity index (χ3v) is 3.55. The maximum absolute atomic E-state index is 13.1. The number of anilines is 1. The number of rotatable bonds is 3. The number of nitrogens with one attached hydrogen (secondary N) is 1. The monoisotopic (exact) mass is 273 g/mol. The predicted molar refractivity (Wildman–Crippen MR) is 75.7 cm³/mol. The number of aromatic hydroxyl groups is 1. The highest BCUT2D eigenvalue weighted by Gasteiger charge is 2.14. The largest absolute Gasteiger partial charge is 0.505 e. The summed E-state index contributed by atoms with van der Waals surface area (Å²) in [5.41, 5.74) is 3.00. The van der Waals surface area contributed by atoms with Gasteiger partial charge in [0.2, 0.25) is 0 Å². The van der Waals surface area contributed by atoms with E-state index in [0.29, 0.717) is 0 Å². The molecule has 1 aliphatic heterocycles. The second kappa shape index (κ2) is 5.04. The Morgan fingerprint density at radius 2 is 2.10 bits per heavy atom. The first-order valence-electron chi connectivity index (χ1n) is 6.64.